The van der Waals surface area contributed by atoms with Crippen molar-refractivity contribution in [3.8, 4) is 0 Å². The minimum atomic E-state index is 0.153. The van der Waals surface area contributed by atoms with E-state index in [0.717, 1.165) is 45.7 Å². The third-order valence-corrected chi connectivity index (χ3v) is 5.40. The fraction of sp³-hybridized carbons (Fsp3) is 0.938. The second-order valence-corrected chi connectivity index (χ2v) is 7.00. The second kappa shape index (κ2) is 6.63. The van der Waals surface area contributed by atoms with Crippen molar-refractivity contribution in [1.82, 2.24) is 20.0 Å². The van der Waals surface area contributed by atoms with Gasteiger partial charge in [-0.25, -0.2) is 0 Å². The molecule has 3 rings (SSSR count). The molecule has 1 N–H and O–H groups in total. The maximum atomic E-state index is 12.8. The van der Waals surface area contributed by atoms with E-state index in [9.17, 15) is 4.79 Å². The van der Waals surface area contributed by atoms with E-state index in [2.05, 4.69) is 33.9 Å². The van der Waals surface area contributed by atoms with Crippen molar-refractivity contribution in [3.05, 3.63) is 0 Å². The number of carbonyl (C=O) groups is 1. The molecule has 0 aliphatic carbocycles. The summed E-state index contributed by atoms with van der Waals surface area (Å²) in [7, 11) is 0. The average Bonchev–Trinajstić information content (AvgIpc) is 3.16. The van der Waals surface area contributed by atoms with Crippen molar-refractivity contribution < 1.29 is 4.79 Å². The molecule has 0 aromatic carbocycles. The molecule has 0 saturated carbocycles. The van der Waals surface area contributed by atoms with Gasteiger partial charge in [0.15, 0.2) is 0 Å². The maximum Gasteiger partial charge on any atom is 0.240 e. The molecule has 0 bridgehead atoms. The number of carbonyl (C=O) groups excluding carboxylic acids is 1. The Kier molecular flexibility index (Phi) is 4.82. The van der Waals surface area contributed by atoms with Crippen LogP contribution in [0, 0.1) is 0 Å². The molecule has 3 aliphatic rings. The Morgan fingerprint density at radius 1 is 1.10 bits per heavy atom. The molecule has 3 aliphatic heterocycles. The molecule has 0 aromatic heterocycles. The maximum absolute atomic E-state index is 12.8. The number of nitrogens with zero attached hydrogens (tertiary/aromatic N) is 3. The first-order valence-electron chi connectivity index (χ1n) is 8.66. The number of amides is 1. The van der Waals surface area contributed by atoms with Crippen molar-refractivity contribution in [2.75, 3.05) is 45.8 Å². The largest absolute Gasteiger partial charge is 0.339 e. The zero-order chi connectivity index (χ0) is 14.8. The summed E-state index contributed by atoms with van der Waals surface area (Å²) in [4.78, 5) is 20.0. The summed E-state index contributed by atoms with van der Waals surface area (Å²) in [6, 6.07) is 1.37. The minimum absolute atomic E-state index is 0.153. The summed E-state index contributed by atoms with van der Waals surface area (Å²) < 4.78 is 0. The molecule has 0 spiro atoms. The highest BCUT2D eigenvalue weighted by Gasteiger charge is 2.40. The molecule has 2 unspecified atom stereocenters. The molecule has 21 heavy (non-hydrogen) atoms. The minimum Gasteiger partial charge on any atom is -0.339 e. The Balaban J connectivity index is 1.61. The van der Waals surface area contributed by atoms with E-state index in [0.29, 0.717) is 18.0 Å². The predicted molar refractivity (Wildman–Crippen MR) is 84.3 cm³/mol. The summed E-state index contributed by atoms with van der Waals surface area (Å²) in [5.74, 6) is 0.386. The molecule has 3 fully saturated rings. The second-order valence-electron chi connectivity index (χ2n) is 7.00. The smallest absolute Gasteiger partial charge is 0.240 e. The quantitative estimate of drug-likeness (QED) is 0.816. The number of rotatable bonds is 3. The van der Waals surface area contributed by atoms with Crippen molar-refractivity contribution >= 4 is 5.91 Å². The highest BCUT2D eigenvalue weighted by molar-refractivity contribution is 5.82. The Bertz CT molecular complexity index is 367. The molecule has 0 radical (unpaired) electrons. The van der Waals surface area contributed by atoms with Crippen molar-refractivity contribution in [2.45, 2.75) is 51.2 Å². The molecule has 3 saturated heterocycles. The van der Waals surface area contributed by atoms with Crippen LogP contribution in [-0.2, 0) is 4.79 Å². The van der Waals surface area contributed by atoms with Crippen LogP contribution in [0.2, 0.25) is 0 Å². The molecule has 3 heterocycles. The van der Waals surface area contributed by atoms with E-state index < -0.39 is 0 Å². The first-order chi connectivity index (χ1) is 10.2. The lowest BCUT2D eigenvalue weighted by molar-refractivity contribution is -0.137. The fourth-order valence-electron chi connectivity index (χ4n) is 4.10. The van der Waals surface area contributed by atoms with Gasteiger partial charge in [-0.3, -0.25) is 14.6 Å². The normalized spacial score (nSPS) is 32.2. The van der Waals surface area contributed by atoms with Gasteiger partial charge in [-0.15, -0.1) is 0 Å². The first-order valence-corrected chi connectivity index (χ1v) is 8.66. The van der Waals surface area contributed by atoms with Crippen LogP contribution in [0.25, 0.3) is 0 Å². The van der Waals surface area contributed by atoms with Crippen LogP contribution < -0.4 is 5.32 Å². The van der Waals surface area contributed by atoms with Gasteiger partial charge in [0, 0.05) is 51.4 Å². The van der Waals surface area contributed by atoms with Crippen LogP contribution in [0.3, 0.4) is 0 Å². The van der Waals surface area contributed by atoms with E-state index in [1.54, 1.807) is 0 Å². The van der Waals surface area contributed by atoms with Gasteiger partial charge in [-0.2, -0.15) is 0 Å². The van der Waals surface area contributed by atoms with Gasteiger partial charge in [-0.05, 0) is 39.7 Å². The van der Waals surface area contributed by atoms with E-state index in [4.69, 9.17) is 0 Å². The van der Waals surface area contributed by atoms with Crippen molar-refractivity contribution in [3.63, 3.8) is 0 Å². The molecule has 0 aromatic rings. The third kappa shape index (κ3) is 3.25. The lowest BCUT2D eigenvalue weighted by Crippen LogP contribution is -2.54. The zero-order valence-electron chi connectivity index (χ0n) is 13.6. The van der Waals surface area contributed by atoms with Crippen LogP contribution in [-0.4, -0.2) is 84.5 Å². The zero-order valence-corrected chi connectivity index (χ0v) is 13.6. The highest BCUT2D eigenvalue weighted by atomic mass is 16.2. The fourth-order valence-corrected chi connectivity index (χ4v) is 4.10. The first kappa shape index (κ1) is 15.3. The van der Waals surface area contributed by atoms with E-state index in [-0.39, 0.29) is 6.04 Å². The molecular formula is C16H30N4O. The van der Waals surface area contributed by atoms with E-state index in [1.807, 2.05) is 0 Å². The van der Waals surface area contributed by atoms with Gasteiger partial charge in [0.1, 0.15) is 0 Å². The summed E-state index contributed by atoms with van der Waals surface area (Å²) in [5.41, 5.74) is 0. The summed E-state index contributed by atoms with van der Waals surface area (Å²) in [6.45, 7) is 11.6. The van der Waals surface area contributed by atoms with Crippen LogP contribution in [0.5, 0.6) is 0 Å². The molecule has 5 nitrogen and oxygen atoms in total. The Hall–Kier alpha value is -0.650. The summed E-state index contributed by atoms with van der Waals surface area (Å²) in [6.07, 6.45) is 3.46. The van der Waals surface area contributed by atoms with Gasteiger partial charge in [-0.1, -0.05) is 0 Å². The number of nitrogens with one attached hydrogen (secondary N) is 1. The molecule has 2 atom stereocenters. The highest BCUT2D eigenvalue weighted by Crippen LogP contribution is 2.27. The predicted octanol–water partition coefficient (Wildman–Crippen LogP) is 0.365. The summed E-state index contributed by atoms with van der Waals surface area (Å²) in [5, 5.41) is 3.33. The average molecular weight is 294 g/mol. The number of hydrogen-bond acceptors (Lipinski definition) is 4. The molecular weight excluding hydrogens is 264 g/mol. The third-order valence-electron chi connectivity index (χ3n) is 5.40. The SMILES string of the molecule is CC(C)N1CCC(N2CCCC2C(=O)N2CCNCC2)C1. The summed E-state index contributed by atoms with van der Waals surface area (Å²) >= 11 is 0. The molecule has 5 heteroatoms. The van der Waals surface area contributed by atoms with Crippen LogP contribution >= 0.6 is 0 Å². The van der Waals surface area contributed by atoms with Crippen molar-refractivity contribution in [2.24, 2.45) is 0 Å². The number of likely N-dealkylation sites (tertiary alicyclic amines) is 2. The number of hydrogen-bond donors (Lipinski definition) is 1. The number of piperazine rings is 1. The lowest BCUT2D eigenvalue weighted by atomic mass is 10.1. The monoisotopic (exact) mass is 294 g/mol. The van der Waals surface area contributed by atoms with Crippen LogP contribution in [0.4, 0.5) is 0 Å². The standard InChI is InChI=1S/C16H30N4O/c1-13(2)19-9-5-14(12-19)20-8-3-4-15(20)16(21)18-10-6-17-7-11-18/h13-15,17H,3-12H2,1-2H3. The van der Waals surface area contributed by atoms with Crippen LogP contribution in [0.15, 0.2) is 0 Å². The van der Waals surface area contributed by atoms with Gasteiger partial charge < -0.3 is 10.2 Å². The lowest BCUT2D eigenvalue weighted by Gasteiger charge is -2.35. The van der Waals surface area contributed by atoms with Gasteiger partial charge in [0.05, 0.1) is 6.04 Å². The van der Waals surface area contributed by atoms with E-state index in [1.165, 1.54) is 19.4 Å². The van der Waals surface area contributed by atoms with Gasteiger partial charge in [0.2, 0.25) is 5.91 Å². The van der Waals surface area contributed by atoms with Crippen LogP contribution in [0.1, 0.15) is 33.1 Å². The van der Waals surface area contributed by atoms with Gasteiger partial charge >= 0.3 is 0 Å². The topological polar surface area (TPSA) is 38.8 Å². The Morgan fingerprint density at radius 3 is 2.52 bits per heavy atom. The molecule has 1 amide bonds. The van der Waals surface area contributed by atoms with E-state index >= 15 is 0 Å². The van der Waals surface area contributed by atoms with Gasteiger partial charge in [0.25, 0.3) is 0 Å². The molecule has 120 valence electrons. The Morgan fingerprint density at radius 2 is 1.86 bits per heavy atom. The Labute approximate surface area is 128 Å². The van der Waals surface area contributed by atoms with Crippen molar-refractivity contribution in [1.29, 1.82) is 0 Å².